The Morgan fingerprint density at radius 3 is 2.56 bits per heavy atom. The van der Waals surface area contributed by atoms with Gasteiger partial charge in [0, 0.05) is 18.3 Å². The minimum absolute atomic E-state index is 0.0751. The van der Waals surface area contributed by atoms with Gasteiger partial charge < -0.3 is 9.64 Å². The summed E-state index contributed by atoms with van der Waals surface area (Å²) < 4.78 is 5.27. The zero-order chi connectivity index (χ0) is 11.9. The van der Waals surface area contributed by atoms with Crippen molar-refractivity contribution in [2.75, 3.05) is 19.1 Å². The van der Waals surface area contributed by atoms with E-state index < -0.39 is 0 Å². The number of rotatable bonds is 1. The lowest BCUT2D eigenvalue weighted by molar-refractivity contribution is 0.414. The Kier molecular flexibility index (Phi) is 2.45. The first kappa shape index (κ1) is 11.1. The van der Waals surface area contributed by atoms with E-state index in [0.29, 0.717) is 0 Å². The van der Waals surface area contributed by atoms with Gasteiger partial charge in [-0.3, -0.25) is 0 Å². The molecule has 2 heteroatoms. The Labute approximate surface area is 97.5 Å². The number of methoxy groups -OCH3 is 1. The van der Waals surface area contributed by atoms with Crippen LogP contribution in [-0.4, -0.2) is 19.7 Å². The molecule has 1 aromatic rings. The van der Waals surface area contributed by atoms with Crippen LogP contribution in [0.15, 0.2) is 24.3 Å². The number of anilines is 1. The summed E-state index contributed by atoms with van der Waals surface area (Å²) in [6.07, 6.45) is 2.30. The Bertz CT molecular complexity index is 446. The molecule has 1 aliphatic heterocycles. The third kappa shape index (κ3) is 1.58. The van der Waals surface area contributed by atoms with E-state index in [1.807, 2.05) is 6.07 Å². The molecule has 0 unspecified atom stereocenters. The molecule has 2 nitrogen and oxygen atoms in total. The number of allylic oxidation sites excluding steroid dienone is 1. The highest BCUT2D eigenvalue weighted by Crippen LogP contribution is 2.39. The molecule has 0 aliphatic carbocycles. The van der Waals surface area contributed by atoms with Gasteiger partial charge >= 0.3 is 0 Å². The van der Waals surface area contributed by atoms with Crippen LogP contribution in [0, 0.1) is 0 Å². The van der Waals surface area contributed by atoms with Crippen LogP contribution in [-0.2, 0) is 0 Å². The summed E-state index contributed by atoms with van der Waals surface area (Å²) in [5.41, 5.74) is 3.93. The number of nitrogens with zero attached hydrogens (tertiary/aromatic N) is 1. The van der Waals surface area contributed by atoms with E-state index in [1.54, 1.807) is 7.11 Å². The second-order valence-corrected chi connectivity index (χ2v) is 4.92. The second kappa shape index (κ2) is 3.55. The van der Waals surface area contributed by atoms with Crippen LogP contribution in [0.3, 0.4) is 0 Å². The number of fused-ring (bicyclic) bond motifs is 1. The summed E-state index contributed by atoms with van der Waals surface area (Å²) in [7, 11) is 3.84. The first-order chi connectivity index (χ1) is 7.45. The molecule has 2 rings (SSSR count). The van der Waals surface area contributed by atoms with Crippen molar-refractivity contribution < 1.29 is 4.74 Å². The highest BCUT2D eigenvalue weighted by Gasteiger charge is 2.28. The highest BCUT2D eigenvalue weighted by atomic mass is 16.5. The van der Waals surface area contributed by atoms with Gasteiger partial charge in [0.2, 0.25) is 0 Å². The standard InChI is InChI=1S/C14H19NO/c1-10-9-14(2,3)15(4)13-7-6-11(16-5)8-12(10)13/h6-9H,1-5H3. The molecule has 1 aliphatic rings. The van der Waals surface area contributed by atoms with Gasteiger partial charge in [-0.15, -0.1) is 0 Å². The summed E-state index contributed by atoms with van der Waals surface area (Å²) in [6, 6.07) is 6.25. The Balaban J connectivity index is 2.59. The van der Waals surface area contributed by atoms with E-state index in [0.717, 1.165) is 5.75 Å². The molecule has 0 N–H and O–H groups in total. The van der Waals surface area contributed by atoms with Crippen molar-refractivity contribution in [2.24, 2.45) is 0 Å². The summed E-state index contributed by atoms with van der Waals surface area (Å²) in [5.74, 6) is 0.916. The molecule has 0 aromatic heterocycles. The van der Waals surface area contributed by atoms with Gasteiger partial charge in [0.05, 0.1) is 12.6 Å². The van der Waals surface area contributed by atoms with Crippen LogP contribution in [0.5, 0.6) is 5.75 Å². The number of ether oxygens (including phenoxy) is 1. The Hall–Kier alpha value is -1.44. The predicted molar refractivity (Wildman–Crippen MR) is 69.1 cm³/mol. The van der Waals surface area contributed by atoms with Crippen molar-refractivity contribution >= 4 is 11.3 Å². The van der Waals surface area contributed by atoms with Gasteiger partial charge in [0.1, 0.15) is 5.75 Å². The average Bonchev–Trinajstić information content (AvgIpc) is 2.25. The topological polar surface area (TPSA) is 12.5 Å². The van der Waals surface area contributed by atoms with Gasteiger partial charge in [-0.25, -0.2) is 0 Å². The second-order valence-electron chi connectivity index (χ2n) is 4.92. The van der Waals surface area contributed by atoms with Crippen LogP contribution in [0.2, 0.25) is 0 Å². The molecule has 0 radical (unpaired) electrons. The monoisotopic (exact) mass is 217 g/mol. The molecule has 0 saturated heterocycles. The lowest BCUT2D eigenvalue weighted by Crippen LogP contribution is -2.41. The fourth-order valence-electron chi connectivity index (χ4n) is 2.27. The maximum Gasteiger partial charge on any atom is 0.119 e. The maximum atomic E-state index is 5.27. The molecule has 0 amide bonds. The minimum Gasteiger partial charge on any atom is -0.497 e. The van der Waals surface area contributed by atoms with Gasteiger partial charge in [0.25, 0.3) is 0 Å². The third-order valence-corrected chi connectivity index (χ3v) is 3.42. The summed E-state index contributed by atoms with van der Waals surface area (Å²) in [5, 5.41) is 0. The Morgan fingerprint density at radius 2 is 1.94 bits per heavy atom. The van der Waals surface area contributed by atoms with Gasteiger partial charge in [-0.05, 0) is 44.5 Å². The molecule has 1 aromatic carbocycles. The molecule has 0 bridgehead atoms. The summed E-state index contributed by atoms with van der Waals surface area (Å²) >= 11 is 0. The minimum atomic E-state index is 0.0751. The van der Waals surface area contributed by atoms with E-state index in [1.165, 1.54) is 16.8 Å². The zero-order valence-corrected chi connectivity index (χ0v) is 10.7. The Morgan fingerprint density at radius 1 is 1.25 bits per heavy atom. The zero-order valence-electron chi connectivity index (χ0n) is 10.7. The first-order valence-corrected chi connectivity index (χ1v) is 5.57. The molecule has 16 heavy (non-hydrogen) atoms. The molecule has 0 atom stereocenters. The van der Waals surface area contributed by atoms with Gasteiger partial charge in [-0.2, -0.15) is 0 Å². The van der Waals surface area contributed by atoms with Gasteiger partial charge in [-0.1, -0.05) is 6.08 Å². The fourth-order valence-corrected chi connectivity index (χ4v) is 2.27. The van der Waals surface area contributed by atoms with Crippen LogP contribution < -0.4 is 9.64 Å². The third-order valence-electron chi connectivity index (χ3n) is 3.42. The summed E-state index contributed by atoms with van der Waals surface area (Å²) in [4.78, 5) is 2.30. The molecule has 0 spiro atoms. The number of benzene rings is 1. The first-order valence-electron chi connectivity index (χ1n) is 5.57. The highest BCUT2D eigenvalue weighted by molar-refractivity contribution is 5.81. The quantitative estimate of drug-likeness (QED) is 0.715. The van der Waals surface area contributed by atoms with E-state index >= 15 is 0 Å². The van der Waals surface area contributed by atoms with Crippen molar-refractivity contribution in [2.45, 2.75) is 26.3 Å². The number of hydrogen-bond acceptors (Lipinski definition) is 2. The number of likely N-dealkylation sites (N-methyl/N-ethyl adjacent to an activating group) is 1. The van der Waals surface area contributed by atoms with Crippen LogP contribution in [0.1, 0.15) is 26.3 Å². The van der Waals surface area contributed by atoms with Crippen molar-refractivity contribution in [3.05, 3.63) is 29.8 Å². The summed E-state index contributed by atoms with van der Waals surface area (Å²) in [6.45, 7) is 6.61. The van der Waals surface area contributed by atoms with E-state index in [9.17, 15) is 0 Å². The maximum absolute atomic E-state index is 5.27. The lowest BCUT2D eigenvalue weighted by Gasteiger charge is -2.40. The molecule has 0 saturated carbocycles. The van der Waals surface area contributed by atoms with Crippen molar-refractivity contribution in [1.29, 1.82) is 0 Å². The van der Waals surface area contributed by atoms with Crippen molar-refractivity contribution in [1.82, 2.24) is 0 Å². The van der Waals surface area contributed by atoms with E-state index in [4.69, 9.17) is 4.74 Å². The van der Waals surface area contributed by atoms with Crippen LogP contribution >= 0.6 is 0 Å². The normalized spacial score (nSPS) is 17.8. The molecule has 86 valence electrons. The molecular weight excluding hydrogens is 198 g/mol. The number of hydrogen-bond donors (Lipinski definition) is 0. The fraction of sp³-hybridized carbons (Fsp3) is 0.429. The van der Waals surface area contributed by atoms with Crippen molar-refractivity contribution in [3.8, 4) is 5.75 Å². The molecular formula is C14H19NO. The van der Waals surface area contributed by atoms with E-state index in [-0.39, 0.29) is 5.54 Å². The molecule has 0 fully saturated rings. The van der Waals surface area contributed by atoms with Crippen LogP contribution in [0.4, 0.5) is 5.69 Å². The SMILES string of the molecule is COc1ccc2c(c1)C(C)=CC(C)(C)N2C. The average molecular weight is 217 g/mol. The smallest absolute Gasteiger partial charge is 0.119 e. The molecule has 1 heterocycles. The van der Waals surface area contributed by atoms with Crippen LogP contribution in [0.25, 0.3) is 5.57 Å². The largest absolute Gasteiger partial charge is 0.497 e. The van der Waals surface area contributed by atoms with Gasteiger partial charge in [0.15, 0.2) is 0 Å². The van der Waals surface area contributed by atoms with E-state index in [2.05, 4.69) is 50.9 Å². The van der Waals surface area contributed by atoms with Crippen molar-refractivity contribution in [3.63, 3.8) is 0 Å². The predicted octanol–water partition coefficient (Wildman–Crippen LogP) is 3.33. The lowest BCUT2D eigenvalue weighted by atomic mass is 9.89.